The van der Waals surface area contributed by atoms with Crippen molar-refractivity contribution >= 4 is 11.9 Å². The second-order valence-corrected chi connectivity index (χ2v) is 6.53. The molecule has 8 nitrogen and oxygen atoms in total. The molecule has 1 unspecified atom stereocenters. The van der Waals surface area contributed by atoms with E-state index < -0.39 is 11.5 Å². The zero-order valence-corrected chi connectivity index (χ0v) is 14.0. The van der Waals surface area contributed by atoms with Gasteiger partial charge in [-0.3, -0.25) is 19.2 Å². The Morgan fingerprint density at radius 1 is 1.33 bits per heavy atom. The number of aliphatic carboxylic acids is 1. The molecule has 132 valence electrons. The van der Waals surface area contributed by atoms with Crippen molar-refractivity contribution in [3.63, 3.8) is 0 Å². The fourth-order valence-electron chi connectivity index (χ4n) is 3.50. The number of hydrogen-bond acceptors (Lipinski definition) is 5. The van der Waals surface area contributed by atoms with Gasteiger partial charge in [-0.1, -0.05) is 0 Å². The van der Waals surface area contributed by atoms with Crippen LogP contribution in [0.4, 0.5) is 0 Å². The lowest BCUT2D eigenvalue weighted by Crippen LogP contribution is -2.61. The van der Waals surface area contributed by atoms with E-state index in [4.69, 9.17) is 4.74 Å². The largest absolute Gasteiger partial charge is 0.480 e. The Morgan fingerprint density at radius 2 is 2.08 bits per heavy atom. The molecule has 0 aromatic carbocycles. The van der Waals surface area contributed by atoms with E-state index in [2.05, 4.69) is 5.10 Å². The number of nitrogens with zero attached hydrogens (tertiary/aromatic N) is 4. The van der Waals surface area contributed by atoms with Gasteiger partial charge in [-0.05, 0) is 12.0 Å². The summed E-state index contributed by atoms with van der Waals surface area (Å²) in [5.74, 6) is -0.707. The zero-order chi connectivity index (χ0) is 17.2. The highest BCUT2D eigenvalue weighted by Gasteiger charge is 2.48. The lowest BCUT2D eigenvalue weighted by Gasteiger charge is -2.42. The number of hydrogen-bond donors (Lipinski definition) is 1. The van der Waals surface area contributed by atoms with E-state index in [-0.39, 0.29) is 12.5 Å². The molecule has 1 amide bonds. The summed E-state index contributed by atoms with van der Waals surface area (Å²) in [5, 5.41) is 13.7. The van der Waals surface area contributed by atoms with Crippen molar-refractivity contribution in [1.82, 2.24) is 19.6 Å². The predicted octanol–water partition coefficient (Wildman–Crippen LogP) is -0.259. The smallest absolute Gasteiger partial charge is 0.326 e. The number of ether oxygens (including phenoxy) is 1. The second kappa shape index (κ2) is 6.90. The molecule has 1 aromatic rings. The highest BCUT2D eigenvalue weighted by atomic mass is 16.5. The summed E-state index contributed by atoms with van der Waals surface area (Å²) in [4.78, 5) is 27.8. The summed E-state index contributed by atoms with van der Waals surface area (Å²) < 4.78 is 7.06. The van der Waals surface area contributed by atoms with Crippen LogP contribution in [-0.4, -0.2) is 81.5 Å². The highest BCUT2D eigenvalue weighted by molar-refractivity contribution is 5.80. The van der Waals surface area contributed by atoms with E-state index >= 15 is 0 Å². The summed E-state index contributed by atoms with van der Waals surface area (Å²) in [5.41, 5.74) is 0.141. The molecule has 2 aliphatic heterocycles. The standard InChI is InChI=1S/C16H24N4O4/c1-18-11-13(10-17-18)2-3-14(21)19-5-7-20(8-6-19)16(15(22)23)4-9-24-12-16/h10-11H,2-9,12H2,1H3,(H,22,23). The van der Waals surface area contributed by atoms with E-state index in [1.807, 2.05) is 23.0 Å². The van der Waals surface area contributed by atoms with E-state index in [1.165, 1.54) is 0 Å². The Morgan fingerprint density at radius 3 is 2.62 bits per heavy atom. The first-order valence-electron chi connectivity index (χ1n) is 8.33. The number of aryl methyl sites for hydroxylation is 2. The van der Waals surface area contributed by atoms with Crippen LogP contribution in [0.2, 0.25) is 0 Å². The van der Waals surface area contributed by atoms with Crippen LogP contribution in [0.3, 0.4) is 0 Å². The topological polar surface area (TPSA) is 87.9 Å². The molecule has 1 N–H and O–H groups in total. The van der Waals surface area contributed by atoms with Crippen LogP contribution in [0, 0.1) is 0 Å². The van der Waals surface area contributed by atoms with Crippen molar-refractivity contribution in [2.45, 2.75) is 24.8 Å². The third-order valence-electron chi connectivity index (χ3n) is 5.02. The molecule has 8 heteroatoms. The van der Waals surface area contributed by atoms with E-state index in [9.17, 15) is 14.7 Å². The van der Waals surface area contributed by atoms with Crippen molar-refractivity contribution < 1.29 is 19.4 Å². The minimum absolute atomic E-state index is 0.116. The second-order valence-electron chi connectivity index (χ2n) is 6.53. The Balaban J connectivity index is 1.51. The molecule has 2 fully saturated rings. The third-order valence-corrected chi connectivity index (χ3v) is 5.02. The number of carboxylic acid groups (broad SMARTS) is 1. The lowest BCUT2D eigenvalue weighted by molar-refractivity contribution is -0.154. The maximum absolute atomic E-state index is 12.4. The van der Waals surface area contributed by atoms with E-state index in [1.54, 1.807) is 10.9 Å². The van der Waals surface area contributed by atoms with Crippen molar-refractivity contribution in [2.75, 3.05) is 39.4 Å². The highest BCUT2D eigenvalue weighted by Crippen LogP contribution is 2.28. The molecule has 0 saturated carbocycles. The zero-order valence-electron chi connectivity index (χ0n) is 14.0. The van der Waals surface area contributed by atoms with Crippen molar-refractivity contribution in [3.05, 3.63) is 18.0 Å². The van der Waals surface area contributed by atoms with Crippen LogP contribution < -0.4 is 0 Å². The van der Waals surface area contributed by atoms with Gasteiger partial charge >= 0.3 is 5.97 Å². The van der Waals surface area contributed by atoms with Crippen LogP contribution in [-0.2, 0) is 27.8 Å². The van der Waals surface area contributed by atoms with Gasteiger partial charge in [0.2, 0.25) is 5.91 Å². The van der Waals surface area contributed by atoms with Crippen LogP contribution in [0.25, 0.3) is 0 Å². The third kappa shape index (κ3) is 3.29. The predicted molar refractivity (Wildman–Crippen MR) is 85.5 cm³/mol. The van der Waals surface area contributed by atoms with Crippen molar-refractivity contribution in [2.24, 2.45) is 7.05 Å². The summed E-state index contributed by atoms with van der Waals surface area (Å²) in [6, 6.07) is 0. The summed E-state index contributed by atoms with van der Waals surface area (Å²) >= 11 is 0. The number of carboxylic acids is 1. The van der Waals surface area contributed by atoms with Crippen molar-refractivity contribution in [3.8, 4) is 0 Å². The van der Waals surface area contributed by atoms with Gasteiger partial charge in [-0.15, -0.1) is 0 Å². The van der Waals surface area contributed by atoms with Crippen LogP contribution in [0.15, 0.2) is 12.4 Å². The van der Waals surface area contributed by atoms with Gasteiger partial charge in [0.1, 0.15) is 5.54 Å². The molecule has 1 aromatic heterocycles. The first-order valence-corrected chi connectivity index (χ1v) is 8.33. The summed E-state index contributed by atoms with van der Waals surface area (Å²) in [6.45, 7) is 3.01. The van der Waals surface area contributed by atoms with Gasteiger partial charge < -0.3 is 14.7 Å². The Hall–Kier alpha value is -1.93. The maximum Gasteiger partial charge on any atom is 0.326 e. The minimum Gasteiger partial charge on any atom is -0.480 e. The minimum atomic E-state index is -0.912. The molecule has 3 heterocycles. The molecule has 2 saturated heterocycles. The first-order chi connectivity index (χ1) is 11.5. The normalized spacial score (nSPS) is 25.1. The molecule has 1 atom stereocenters. The average molecular weight is 336 g/mol. The van der Waals surface area contributed by atoms with Crippen LogP contribution >= 0.6 is 0 Å². The molecular weight excluding hydrogens is 312 g/mol. The summed E-state index contributed by atoms with van der Waals surface area (Å²) in [7, 11) is 1.86. The number of carbonyl (C=O) groups is 2. The fraction of sp³-hybridized carbons (Fsp3) is 0.688. The summed E-state index contributed by atoms with van der Waals surface area (Å²) in [6.07, 6.45) is 5.35. The molecular formula is C16H24N4O4. The fourth-order valence-corrected chi connectivity index (χ4v) is 3.50. The monoisotopic (exact) mass is 336 g/mol. The Kier molecular flexibility index (Phi) is 4.86. The molecule has 0 spiro atoms. The number of amides is 1. The molecule has 0 bridgehead atoms. The van der Waals surface area contributed by atoms with Crippen LogP contribution in [0.5, 0.6) is 0 Å². The van der Waals surface area contributed by atoms with Gasteiger partial charge in [0, 0.05) is 58.9 Å². The average Bonchev–Trinajstić information content (AvgIpc) is 3.22. The van der Waals surface area contributed by atoms with Gasteiger partial charge in [0.15, 0.2) is 0 Å². The number of aromatic nitrogens is 2. The number of carbonyl (C=O) groups excluding carboxylic acids is 1. The van der Waals surface area contributed by atoms with Gasteiger partial charge in [0.05, 0.1) is 12.8 Å². The van der Waals surface area contributed by atoms with E-state index in [0.717, 1.165) is 5.56 Å². The molecule has 2 aliphatic rings. The van der Waals surface area contributed by atoms with Gasteiger partial charge in [-0.2, -0.15) is 5.10 Å². The quantitative estimate of drug-likeness (QED) is 0.797. The molecule has 24 heavy (non-hydrogen) atoms. The SMILES string of the molecule is Cn1cc(CCC(=O)N2CCN(C3(C(=O)O)CCOC3)CC2)cn1. The maximum atomic E-state index is 12.4. The first kappa shape index (κ1) is 16.9. The van der Waals surface area contributed by atoms with Crippen molar-refractivity contribution in [1.29, 1.82) is 0 Å². The molecule has 0 aliphatic carbocycles. The van der Waals surface area contributed by atoms with Gasteiger partial charge in [-0.25, -0.2) is 0 Å². The molecule has 0 radical (unpaired) electrons. The number of piperazine rings is 1. The lowest BCUT2D eigenvalue weighted by atomic mass is 9.95. The van der Waals surface area contributed by atoms with Crippen LogP contribution in [0.1, 0.15) is 18.4 Å². The number of rotatable bonds is 5. The van der Waals surface area contributed by atoms with E-state index in [0.29, 0.717) is 52.0 Å². The Labute approximate surface area is 141 Å². The van der Waals surface area contributed by atoms with Gasteiger partial charge in [0.25, 0.3) is 0 Å². The Bertz CT molecular complexity index is 601. The molecule has 3 rings (SSSR count).